The number of hydrogen-bond acceptors (Lipinski definition) is 6. The fourth-order valence-corrected chi connectivity index (χ4v) is 3.87. The van der Waals surface area contributed by atoms with Crippen molar-refractivity contribution in [2.45, 2.75) is 24.8 Å². The van der Waals surface area contributed by atoms with Crippen LogP contribution in [0.25, 0.3) is 0 Å². The van der Waals surface area contributed by atoms with E-state index < -0.39 is 15.9 Å². The first-order chi connectivity index (χ1) is 12.8. The summed E-state index contributed by atoms with van der Waals surface area (Å²) >= 11 is 0. The molecule has 27 heavy (non-hydrogen) atoms. The van der Waals surface area contributed by atoms with Gasteiger partial charge in [0.15, 0.2) is 5.71 Å². The summed E-state index contributed by atoms with van der Waals surface area (Å²) in [4.78, 5) is 23.1. The van der Waals surface area contributed by atoms with E-state index in [1.165, 1.54) is 18.2 Å². The average molecular weight is 386 g/mol. The summed E-state index contributed by atoms with van der Waals surface area (Å²) in [6, 6.07) is 10.7. The number of aldehydes is 1. The Bertz CT molecular complexity index is 1050. The van der Waals surface area contributed by atoms with E-state index >= 15 is 0 Å². The standard InChI is InChI=1S/C18H18N4O4S/c1-11(2)22-27(25,26)14-6-7-16-15(9-14)17(18(24)19-16)21-20-13-5-3-4-12(8-13)10-23/h3-11,20,22H,1-2H3,(H,19,21,24). The minimum absolute atomic E-state index is 0.0436. The van der Waals surface area contributed by atoms with Gasteiger partial charge in [-0.3, -0.25) is 15.0 Å². The average Bonchev–Trinajstić information content (AvgIpc) is 2.93. The highest BCUT2D eigenvalue weighted by molar-refractivity contribution is 7.89. The Morgan fingerprint density at radius 1 is 1.15 bits per heavy atom. The van der Waals surface area contributed by atoms with Gasteiger partial charge in [0, 0.05) is 17.2 Å². The van der Waals surface area contributed by atoms with Crippen molar-refractivity contribution in [1.29, 1.82) is 0 Å². The molecule has 1 heterocycles. The second-order valence-corrected chi connectivity index (χ2v) is 7.97. The Hall–Kier alpha value is -3.04. The summed E-state index contributed by atoms with van der Waals surface area (Å²) < 4.78 is 27.3. The number of carbonyl (C=O) groups excluding carboxylic acids is 2. The van der Waals surface area contributed by atoms with Gasteiger partial charge in [-0.05, 0) is 44.2 Å². The fourth-order valence-electron chi connectivity index (χ4n) is 2.59. The number of benzene rings is 2. The van der Waals surface area contributed by atoms with E-state index in [0.29, 0.717) is 28.8 Å². The highest BCUT2D eigenvalue weighted by atomic mass is 32.2. The molecule has 9 heteroatoms. The normalized spacial score (nSPS) is 14.9. The number of carbonyl (C=O) groups is 2. The van der Waals surface area contributed by atoms with Crippen molar-refractivity contribution in [3.63, 3.8) is 0 Å². The molecule has 3 rings (SSSR count). The maximum Gasteiger partial charge on any atom is 0.276 e. The van der Waals surface area contributed by atoms with Gasteiger partial charge in [-0.25, -0.2) is 13.1 Å². The lowest BCUT2D eigenvalue weighted by Gasteiger charge is -2.10. The molecule has 0 radical (unpaired) electrons. The molecule has 8 nitrogen and oxygen atoms in total. The van der Waals surface area contributed by atoms with Crippen LogP contribution in [0.15, 0.2) is 52.5 Å². The number of nitrogens with zero attached hydrogens (tertiary/aromatic N) is 1. The number of nitrogens with one attached hydrogen (secondary N) is 3. The first-order valence-electron chi connectivity index (χ1n) is 8.17. The van der Waals surface area contributed by atoms with Gasteiger partial charge < -0.3 is 5.32 Å². The van der Waals surface area contributed by atoms with Gasteiger partial charge in [0.1, 0.15) is 6.29 Å². The molecular formula is C18H18N4O4S. The summed E-state index contributed by atoms with van der Waals surface area (Å²) in [6.07, 6.45) is 0.703. The maximum absolute atomic E-state index is 12.4. The first kappa shape index (κ1) is 18.7. The lowest BCUT2D eigenvalue weighted by molar-refractivity contribution is -0.110. The van der Waals surface area contributed by atoms with Crippen LogP contribution in [0.1, 0.15) is 29.8 Å². The van der Waals surface area contributed by atoms with Crippen LogP contribution < -0.4 is 15.5 Å². The highest BCUT2D eigenvalue weighted by Gasteiger charge is 2.28. The molecule has 0 spiro atoms. The molecule has 0 unspecified atom stereocenters. The van der Waals surface area contributed by atoms with Crippen molar-refractivity contribution >= 4 is 39.3 Å². The lowest BCUT2D eigenvalue weighted by Crippen LogP contribution is -2.30. The van der Waals surface area contributed by atoms with Crippen LogP contribution >= 0.6 is 0 Å². The van der Waals surface area contributed by atoms with E-state index in [9.17, 15) is 18.0 Å². The zero-order chi connectivity index (χ0) is 19.6. The number of sulfonamides is 1. The quantitative estimate of drug-likeness (QED) is 0.518. The number of amides is 1. The molecule has 0 aromatic heterocycles. The molecule has 0 saturated heterocycles. The molecule has 1 amide bonds. The Labute approximate surface area is 156 Å². The second kappa shape index (κ2) is 7.29. The van der Waals surface area contributed by atoms with E-state index in [1.54, 1.807) is 38.1 Å². The number of anilines is 2. The largest absolute Gasteiger partial charge is 0.320 e. The molecular weight excluding hydrogens is 368 g/mol. The smallest absolute Gasteiger partial charge is 0.276 e. The molecule has 2 aromatic carbocycles. The van der Waals surface area contributed by atoms with Gasteiger partial charge in [0.05, 0.1) is 16.3 Å². The van der Waals surface area contributed by atoms with Gasteiger partial charge in [-0.1, -0.05) is 12.1 Å². The Balaban J connectivity index is 1.94. The van der Waals surface area contributed by atoms with Gasteiger partial charge in [-0.15, -0.1) is 0 Å². The second-order valence-electron chi connectivity index (χ2n) is 6.25. The van der Waals surface area contributed by atoms with Crippen molar-refractivity contribution in [2.75, 3.05) is 10.7 Å². The maximum atomic E-state index is 12.4. The zero-order valence-electron chi connectivity index (χ0n) is 14.7. The van der Waals surface area contributed by atoms with Crippen molar-refractivity contribution in [2.24, 2.45) is 5.10 Å². The van der Waals surface area contributed by atoms with Crippen LogP contribution in [0, 0.1) is 0 Å². The van der Waals surface area contributed by atoms with Crippen LogP contribution in [-0.2, 0) is 14.8 Å². The molecule has 1 aliphatic rings. The molecule has 2 aromatic rings. The number of rotatable bonds is 6. The van der Waals surface area contributed by atoms with Crippen molar-refractivity contribution in [3.8, 4) is 0 Å². The van der Waals surface area contributed by atoms with Gasteiger partial charge in [0.2, 0.25) is 10.0 Å². The molecule has 1 aliphatic heterocycles. The molecule has 0 saturated carbocycles. The van der Waals surface area contributed by atoms with E-state index in [-0.39, 0.29) is 16.6 Å². The molecule has 3 N–H and O–H groups in total. The Kier molecular flexibility index (Phi) is 5.06. The van der Waals surface area contributed by atoms with Gasteiger partial charge >= 0.3 is 0 Å². The summed E-state index contributed by atoms with van der Waals surface area (Å²) in [6.45, 7) is 3.44. The fraction of sp³-hybridized carbons (Fsp3) is 0.167. The highest BCUT2D eigenvalue weighted by Crippen LogP contribution is 2.27. The minimum Gasteiger partial charge on any atom is -0.320 e. The number of hydrogen-bond donors (Lipinski definition) is 3. The van der Waals surface area contributed by atoms with E-state index in [2.05, 4.69) is 20.6 Å². The summed E-state index contributed by atoms with van der Waals surface area (Å²) in [5.74, 6) is -0.449. The third kappa shape index (κ3) is 4.04. The van der Waals surface area contributed by atoms with Gasteiger partial charge in [0.25, 0.3) is 5.91 Å². The summed E-state index contributed by atoms with van der Waals surface area (Å²) in [5, 5.41) is 6.74. The topological polar surface area (TPSA) is 117 Å². The zero-order valence-corrected chi connectivity index (χ0v) is 15.5. The molecule has 140 valence electrons. The van der Waals surface area contributed by atoms with Crippen molar-refractivity contribution in [3.05, 3.63) is 53.6 Å². The van der Waals surface area contributed by atoms with Crippen LogP contribution in [0.3, 0.4) is 0 Å². The molecule has 0 bridgehead atoms. The third-order valence-corrected chi connectivity index (χ3v) is 5.39. The summed E-state index contributed by atoms with van der Waals surface area (Å²) in [5.41, 5.74) is 4.63. The molecule has 0 fully saturated rings. The predicted molar refractivity (Wildman–Crippen MR) is 103 cm³/mol. The van der Waals surface area contributed by atoms with Crippen molar-refractivity contribution in [1.82, 2.24) is 4.72 Å². The Morgan fingerprint density at radius 3 is 2.63 bits per heavy atom. The minimum atomic E-state index is -3.70. The number of hydrazone groups is 1. The SMILES string of the molecule is CC(C)NS(=O)(=O)c1ccc2c(c1)/C(=N/Nc1cccc(C=O)c1)C(=O)N2. The van der Waals surface area contributed by atoms with Crippen molar-refractivity contribution < 1.29 is 18.0 Å². The Morgan fingerprint density at radius 2 is 1.93 bits per heavy atom. The van der Waals surface area contributed by atoms with Gasteiger partial charge in [-0.2, -0.15) is 5.10 Å². The number of fused-ring (bicyclic) bond motifs is 1. The lowest BCUT2D eigenvalue weighted by atomic mass is 10.1. The third-order valence-electron chi connectivity index (χ3n) is 3.73. The van der Waals surface area contributed by atoms with E-state index in [0.717, 1.165) is 0 Å². The van der Waals surface area contributed by atoms with E-state index in [4.69, 9.17) is 0 Å². The monoisotopic (exact) mass is 386 g/mol. The first-order valence-corrected chi connectivity index (χ1v) is 9.65. The molecule has 0 atom stereocenters. The predicted octanol–water partition coefficient (Wildman–Crippen LogP) is 1.95. The van der Waals surface area contributed by atoms with Crippen LogP contribution in [-0.4, -0.2) is 32.4 Å². The van der Waals surface area contributed by atoms with Crippen LogP contribution in [0.4, 0.5) is 11.4 Å². The summed E-state index contributed by atoms with van der Waals surface area (Å²) in [7, 11) is -3.70. The molecule has 0 aliphatic carbocycles. The van der Waals surface area contributed by atoms with Crippen LogP contribution in [0.2, 0.25) is 0 Å². The van der Waals surface area contributed by atoms with E-state index in [1.807, 2.05) is 0 Å². The van der Waals surface area contributed by atoms with Crippen LogP contribution in [0.5, 0.6) is 0 Å².